The van der Waals surface area contributed by atoms with Crippen molar-refractivity contribution in [1.82, 2.24) is 15.1 Å². The monoisotopic (exact) mass is 370 g/mol. The number of benzene rings is 1. The van der Waals surface area contributed by atoms with Gasteiger partial charge in [0.1, 0.15) is 6.04 Å². The summed E-state index contributed by atoms with van der Waals surface area (Å²) >= 11 is 0. The molecule has 1 atom stereocenters. The molecule has 0 bridgehead atoms. The van der Waals surface area contributed by atoms with Crippen LogP contribution in [0, 0.1) is 11.3 Å². The molecule has 1 aliphatic carbocycles. The third-order valence-electron chi connectivity index (χ3n) is 5.45. The molecule has 0 saturated heterocycles. The van der Waals surface area contributed by atoms with E-state index in [1.54, 1.807) is 0 Å². The summed E-state index contributed by atoms with van der Waals surface area (Å²) in [5, 5.41) is 8.23. The van der Waals surface area contributed by atoms with Crippen LogP contribution >= 0.6 is 0 Å². The number of nitrogens with zero attached hydrogens (tertiary/aromatic N) is 2. The van der Waals surface area contributed by atoms with Gasteiger partial charge in [0.25, 0.3) is 5.91 Å². The van der Waals surface area contributed by atoms with E-state index in [-0.39, 0.29) is 5.91 Å². The number of carbonyl (C=O) groups is 2. The van der Waals surface area contributed by atoms with Crippen LogP contribution in [0.3, 0.4) is 0 Å². The average molecular weight is 370 g/mol. The van der Waals surface area contributed by atoms with E-state index in [4.69, 9.17) is 5.73 Å². The normalized spacial score (nSPS) is 17.0. The van der Waals surface area contributed by atoms with Crippen molar-refractivity contribution in [3.63, 3.8) is 0 Å². The molecule has 0 spiro atoms. The lowest BCUT2D eigenvalue weighted by molar-refractivity contribution is -0.122. The zero-order valence-electron chi connectivity index (χ0n) is 16.5. The fourth-order valence-electron chi connectivity index (χ4n) is 3.96. The number of para-hydroxylation sites is 1. The molecule has 0 aliphatic heterocycles. The van der Waals surface area contributed by atoms with Crippen LogP contribution in [-0.4, -0.2) is 27.6 Å². The van der Waals surface area contributed by atoms with E-state index in [1.165, 1.54) is 32.1 Å². The van der Waals surface area contributed by atoms with Gasteiger partial charge in [-0.1, -0.05) is 58.2 Å². The van der Waals surface area contributed by atoms with Crippen molar-refractivity contribution in [3.05, 3.63) is 30.0 Å². The minimum atomic E-state index is -0.757. The Morgan fingerprint density at radius 3 is 2.52 bits per heavy atom. The van der Waals surface area contributed by atoms with Crippen molar-refractivity contribution in [3.8, 4) is 0 Å². The van der Waals surface area contributed by atoms with Crippen molar-refractivity contribution >= 4 is 22.7 Å². The van der Waals surface area contributed by atoms with E-state index in [0.717, 1.165) is 17.4 Å². The minimum absolute atomic E-state index is 0.354. The highest BCUT2D eigenvalue weighted by Crippen LogP contribution is 2.27. The van der Waals surface area contributed by atoms with E-state index in [2.05, 4.69) is 10.4 Å². The van der Waals surface area contributed by atoms with Crippen LogP contribution in [0.2, 0.25) is 0 Å². The number of hydrogen-bond donors (Lipinski definition) is 2. The molecule has 2 amide bonds. The fourth-order valence-corrected chi connectivity index (χ4v) is 3.96. The summed E-state index contributed by atoms with van der Waals surface area (Å²) in [6.45, 7) is 6.46. The molecule has 6 heteroatoms. The van der Waals surface area contributed by atoms with Gasteiger partial charge in [0, 0.05) is 11.9 Å². The summed E-state index contributed by atoms with van der Waals surface area (Å²) in [7, 11) is 0. The van der Waals surface area contributed by atoms with E-state index in [1.807, 2.05) is 49.7 Å². The van der Waals surface area contributed by atoms with E-state index in [9.17, 15) is 9.59 Å². The summed E-state index contributed by atoms with van der Waals surface area (Å²) in [4.78, 5) is 24.8. The number of aromatic nitrogens is 2. The molecule has 1 heterocycles. The van der Waals surface area contributed by atoms with Gasteiger partial charge in [-0.15, -0.1) is 0 Å². The van der Waals surface area contributed by atoms with Crippen molar-refractivity contribution in [1.29, 1.82) is 0 Å². The van der Waals surface area contributed by atoms with Gasteiger partial charge in [-0.05, 0) is 30.2 Å². The van der Waals surface area contributed by atoms with E-state index < -0.39 is 17.4 Å². The first-order chi connectivity index (χ1) is 12.8. The Kier molecular flexibility index (Phi) is 5.53. The molecule has 27 heavy (non-hydrogen) atoms. The second-order valence-electron chi connectivity index (χ2n) is 8.73. The third kappa shape index (κ3) is 4.31. The lowest BCUT2D eigenvalue weighted by Crippen LogP contribution is -2.52. The maximum Gasteiger partial charge on any atom is 0.273 e. The standard InChI is InChI=1S/C21H30N4O2/c1-21(2,3)18(19(22)26)23-20(27)17-15-11-7-8-12-16(15)25(24-17)13-14-9-5-4-6-10-14/h7-8,11-12,14,18H,4-6,9-10,13H2,1-3H3,(H2,22,26)(H,23,27)/t18-/m0/s1. The van der Waals surface area contributed by atoms with Crippen LogP contribution in [0.25, 0.3) is 10.9 Å². The first-order valence-electron chi connectivity index (χ1n) is 9.83. The van der Waals surface area contributed by atoms with E-state index >= 15 is 0 Å². The molecule has 1 saturated carbocycles. The van der Waals surface area contributed by atoms with Crippen molar-refractivity contribution in [2.75, 3.05) is 0 Å². The van der Waals surface area contributed by atoms with Crippen LogP contribution in [0.5, 0.6) is 0 Å². The van der Waals surface area contributed by atoms with E-state index in [0.29, 0.717) is 11.6 Å². The Labute approximate surface area is 160 Å². The third-order valence-corrected chi connectivity index (χ3v) is 5.45. The zero-order valence-corrected chi connectivity index (χ0v) is 16.5. The van der Waals surface area contributed by atoms with Gasteiger partial charge in [0.05, 0.1) is 5.52 Å². The lowest BCUT2D eigenvalue weighted by atomic mass is 9.86. The number of fused-ring (bicyclic) bond motifs is 1. The Bertz CT molecular complexity index is 828. The predicted octanol–water partition coefficient (Wildman–Crippen LogP) is 3.25. The second kappa shape index (κ2) is 7.71. The molecule has 146 valence electrons. The molecule has 3 rings (SSSR count). The van der Waals surface area contributed by atoms with Gasteiger partial charge in [0.15, 0.2) is 5.69 Å². The molecule has 0 unspecified atom stereocenters. The van der Waals surface area contributed by atoms with Crippen LogP contribution in [-0.2, 0) is 11.3 Å². The Morgan fingerprint density at radius 2 is 1.89 bits per heavy atom. The number of amides is 2. The minimum Gasteiger partial charge on any atom is -0.368 e. The molecule has 1 fully saturated rings. The van der Waals surface area contributed by atoms with Gasteiger partial charge >= 0.3 is 0 Å². The van der Waals surface area contributed by atoms with Gasteiger partial charge in [-0.3, -0.25) is 14.3 Å². The molecule has 1 aromatic carbocycles. The lowest BCUT2D eigenvalue weighted by Gasteiger charge is -2.28. The fraction of sp³-hybridized carbons (Fsp3) is 0.571. The van der Waals surface area contributed by atoms with Crippen LogP contribution in [0.1, 0.15) is 63.4 Å². The molecule has 1 aliphatic rings. The molecular weight excluding hydrogens is 340 g/mol. The van der Waals surface area contributed by atoms with Crippen LogP contribution < -0.4 is 11.1 Å². The van der Waals surface area contributed by atoms with Crippen molar-refractivity contribution in [2.24, 2.45) is 17.1 Å². The molecule has 6 nitrogen and oxygen atoms in total. The SMILES string of the molecule is CC(C)(C)[C@@H](NC(=O)c1nn(CC2CCCCC2)c2ccccc12)C(N)=O. The Balaban J connectivity index is 1.89. The number of nitrogens with one attached hydrogen (secondary N) is 1. The van der Waals surface area contributed by atoms with Gasteiger partial charge in [-0.2, -0.15) is 5.10 Å². The molecule has 2 aromatic rings. The van der Waals surface area contributed by atoms with Gasteiger partial charge in [-0.25, -0.2) is 0 Å². The molecule has 0 radical (unpaired) electrons. The molecule has 3 N–H and O–H groups in total. The Morgan fingerprint density at radius 1 is 1.22 bits per heavy atom. The highest BCUT2D eigenvalue weighted by molar-refractivity contribution is 6.06. The number of rotatable bonds is 5. The summed E-state index contributed by atoms with van der Waals surface area (Å²) in [5.74, 6) is -0.292. The number of hydrogen-bond acceptors (Lipinski definition) is 3. The van der Waals surface area contributed by atoms with Crippen LogP contribution in [0.15, 0.2) is 24.3 Å². The maximum atomic E-state index is 12.9. The largest absolute Gasteiger partial charge is 0.368 e. The molecule has 1 aromatic heterocycles. The summed E-state index contributed by atoms with van der Waals surface area (Å²) in [5.41, 5.74) is 6.36. The maximum absolute atomic E-state index is 12.9. The number of carbonyl (C=O) groups excluding carboxylic acids is 2. The first kappa shape index (κ1) is 19.4. The second-order valence-corrected chi connectivity index (χ2v) is 8.73. The number of primary amides is 1. The predicted molar refractivity (Wildman–Crippen MR) is 106 cm³/mol. The highest BCUT2D eigenvalue weighted by atomic mass is 16.2. The number of nitrogens with two attached hydrogens (primary N) is 1. The van der Waals surface area contributed by atoms with Crippen LogP contribution in [0.4, 0.5) is 0 Å². The topological polar surface area (TPSA) is 90.0 Å². The van der Waals surface area contributed by atoms with Crippen molar-refractivity contribution < 1.29 is 9.59 Å². The highest BCUT2D eigenvalue weighted by Gasteiger charge is 2.32. The molecular formula is C21H30N4O2. The Hall–Kier alpha value is -2.37. The first-order valence-corrected chi connectivity index (χ1v) is 9.83. The zero-order chi connectivity index (χ0) is 19.6. The summed E-state index contributed by atoms with van der Waals surface area (Å²) < 4.78 is 1.95. The smallest absolute Gasteiger partial charge is 0.273 e. The van der Waals surface area contributed by atoms with Gasteiger partial charge in [0.2, 0.25) is 5.91 Å². The van der Waals surface area contributed by atoms with Gasteiger partial charge < -0.3 is 11.1 Å². The summed E-state index contributed by atoms with van der Waals surface area (Å²) in [6.07, 6.45) is 6.27. The quantitative estimate of drug-likeness (QED) is 0.846. The van der Waals surface area contributed by atoms with Crippen molar-refractivity contribution in [2.45, 2.75) is 65.5 Å². The summed E-state index contributed by atoms with van der Waals surface area (Å²) in [6, 6.07) is 7.01. The average Bonchev–Trinajstić information content (AvgIpc) is 2.98.